The maximum Gasteiger partial charge on any atom is 0.275 e. The molecule has 0 saturated carbocycles. The van der Waals surface area contributed by atoms with Gasteiger partial charge < -0.3 is 9.30 Å². The second kappa shape index (κ2) is 9.14. The van der Waals surface area contributed by atoms with Crippen molar-refractivity contribution < 1.29 is 13.9 Å². The Bertz CT molecular complexity index is 1270. The van der Waals surface area contributed by atoms with E-state index in [1.165, 1.54) is 19.2 Å². The molecule has 3 aromatic carbocycles. The van der Waals surface area contributed by atoms with E-state index in [9.17, 15) is 9.18 Å². The molecular weight excluding hydrogens is 461 g/mol. The molecule has 0 radical (unpaired) electrons. The molecule has 5 nitrogen and oxygen atoms in total. The van der Waals surface area contributed by atoms with Crippen LogP contribution in [0, 0.1) is 5.82 Å². The van der Waals surface area contributed by atoms with Gasteiger partial charge in [0.1, 0.15) is 11.6 Å². The number of carbonyl (C=O) groups excluding carboxylic acids is 1. The number of carbonyl (C=O) groups is 1. The molecule has 0 aliphatic carbocycles. The van der Waals surface area contributed by atoms with Gasteiger partial charge in [0.25, 0.3) is 5.91 Å². The molecule has 0 bridgehead atoms. The van der Waals surface area contributed by atoms with Gasteiger partial charge in [0.05, 0.1) is 18.9 Å². The first-order chi connectivity index (χ1) is 15.0. The molecular formula is C24H19BrFN3O2. The Morgan fingerprint density at radius 3 is 2.71 bits per heavy atom. The fraction of sp³-hybridized carbons (Fsp3) is 0.0833. The summed E-state index contributed by atoms with van der Waals surface area (Å²) in [4.78, 5) is 12.5. The number of amides is 1. The summed E-state index contributed by atoms with van der Waals surface area (Å²) >= 11 is 3.36. The predicted molar refractivity (Wildman–Crippen MR) is 123 cm³/mol. The summed E-state index contributed by atoms with van der Waals surface area (Å²) in [5.41, 5.74) is 5.81. The van der Waals surface area contributed by atoms with Crippen molar-refractivity contribution in [2.75, 3.05) is 7.11 Å². The van der Waals surface area contributed by atoms with Gasteiger partial charge in [-0.1, -0.05) is 46.3 Å². The van der Waals surface area contributed by atoms with Crippen LogP contribution in [0.1, 0.15) is 21.5 Å². The Balaban J connectivity index is 1.57. The molecule has 7 heteroatoms. The van der Waals surface area contributed by atoms with E-state index in [1.54, 1.807) is 36.5 Å². The summed E-state index contributed by atoms with van der Waals surface area (Å²) in [6.45, 7) is 0.593. The lowest BCUT2D eigenvalue weighted by Crippen LogP contribution is -2.18. The second-order valence-corrected chi connectivity index (χ2v) is 7.82. The summed E-state index contributed by atoms with van der Waals surface area (Å²) < 4.78 is 21.3. The number of hydrogen-bond donors (Lipinski definition) is 1. The van der Waals surface area contributed by atoms with Gasteiger partial charge in [0, 0.05) is 33.7 Å². The van der Waals surface area contributed by atoms with Crippen LogP contribution in [0.25, 0.3) is 10.9 Å². The smallest absolute Gasteiger partial charge is 0.275 e. The molecule has 0 aliphatic rings. The van der Waals surface area contributed by atoms with Crippen molar-refractivity contribution in [3.05, 3.63) is 99.9 Å². The zero-order chi connectivity index (χ0) is 21.8. The summed E-state index contributed by atoms with van der Waals surface area (Å²) in [6, 6.07) is 19.6. The average molecular weight is 480 g/mol. The maximum atomic E-state index is 13.2. The number of methoxy groups -OCH3 is 1. The van der Waals surface area contributed by atoms with Gasteiger partial charge in [-0.2, -0.15) is 5.10 Å². The van der Waals surface area contributed by atoms with Crippen LogP contribution in [0.3, 0.4) is 0 Å². The minimum absolute atomic E-state index is 0.258. The van der Waals surface area contributed by atoms with Crippen LogP contribution in [-0.4, -0.2) is 23.8 Å². The molecule has 1 aromatic heterocycles. The fourth-order valence-corrected chi connectivity index (χ4v) is 3.73. The fourth-order valence-electron chi connectivity index (χ4n) is 3.37. The van der Waals surface area contributed by atoms with Crippen LogP contribution in [0.4, 0.5) is 4.39 Å². The molecule has 1 N–H and O–H groups in total. The largest absolute Gasteiger partial charge is 0.496 e. The van der Waals surface area contributed by atoms with E-state index in [-0.39, 0.29) is 11.7 Å². The molecule has 1 heterocycles. The van der Waals surface area contributed by atoms with Crippen molar-refractivity contribution in [2.24, 2.45) is 5.10 Å². The van der Waals surface area contributed by atoms with Crippen molar-refractivity contribution >= 4 is 39.0 Å². The first-order valence-electron chi connectivity index (χ1n) is 9.54. The molecule has 0 fully saturated rings. The quantitative estimate of drug-likeness (QED) is 0.298. The molecule has 0 spiro atoms. The number of rotatable bonds is 6. The standard InChI is InChI=1S/C24H19BrFN3O2/c1-31-23-11-8-18(25)12-21(23)24(30)28-27-13-17-15-29(22-5-3-2-4-20(17)22)14-16-6-9-19(26)10-7-16/h2-13,15H,14H2,1H3,(H,28,30)/b27-13-. The highest BCUT2D eigenvalue weighted by Gasteiger charge is 2.12. The number of halogens is 2. The Kier molecular flexibility index (Phi) is 6.13. The van der Waals surface area contributed by atoms with Gasteiger partial charge in [0.2, 0.25) is 0 Å². The molecule has 31 heavy (non-hydrogen) atoms. The van der Waals surface area contributed by atoms with Gasteiger partial charge in [0.15, 0.2) is 0 Å². The zero-order valence-corrected chi connectivity index (χ0v) is 18.3. The third-order valence-corrected chi connectivity index (χ3v) is 5.35. The first-order valence-corrected chi connectivity index (χ1v) is 10.3. The number of hydrogen-bond acceptors (Lipinski definition) is 3. The lowest BCUT2D eigenvalue weighted by atomic mass is 10.2. The normalized spacial score (nSPS) is 11.2. The third kappa shape index (κ3) is 4.67. The minimum atomic E-state index is -0.371. The van der Waals surface area contributed by atoms with E-state index in [0.717, 1.165) is 26.5 Å². The van der Waals surface area contributed by atoms with Gasteiger partial charge in [-0.25, -0.2) is 9.82 Å². The number of nitrogens with one attached hydrogen (secondary N) is 1. The highest BCUT2D eigenvalue weighted by atomic mass is 79.9. The SMILES string of the molecule is COc1ccc(Br)cc1C(=O)N/N=C\c1cn(Cc2ccc(F)cc2)c2ccccc12. The molecule has 0 aliphatic heterocycles. The maximum absolute atomic E-state index is 13.2. The molecule has 0 saturated heterocycles. The van der Waals surface area contributed by atoms with Crippen molar-refractivity contribution in [1.29, 1.82) is 0 Å². The van der Waals surface area contributed by atoms with E-state index in [0.29, 0.717) is 17.9 Å². The Morgan fingerprint density at radius 2 is 1.94 bits per heavy atom. The highest BCUT2D eigenvalue weighted by Crippen LogP contribution is 2.23. The molecule has 4 rings (SSSR count). The van der Waals surface area contributed by atoms with Crippen molar-refractivity contribution in [2.45, 2.75) is 6.54 Å². The molecule has 1 amide bonds. The van der Waals surface area contributed by atoms with E-state index in [1.807, 2.05) is 30.5 Å². The van der Waals surface area contributed by atoms with Gasteiger partial charge >= 0.3 is 0 Å². The first kappa shape index (κ1) is 20.8. The van der Waals surface area contributed by atoms with Gasteiger partial charge in [-0.15, -0.1) is 0 Å². The molecule has 156 valence electrons. The van der Waals surface area contributed by atoms with E-state index >= 15 is 0 Å². The Morgan fingerprint density at radius 1 is 1.16 bits per heavy atom. The molecule has 0 unspecified atom stereocenters. The summed E-state index contributed by atoms with van der Waals surface area (Å²) in [6.07, 6.45) is 3.58. The average Bonchev–Trinajstić information content (AvgIpc) is 3.12. The summed E-state index contributed by atoms with van der Waals surface area (Å²) in [7, 11) is 1.51. The highest BCUT2D eigenvalue weighted by molar-refractivity contribution is 9.10. The van der Waals surface area contributed by atoms with Crippen molar-refractivity contribution in [3.63, 3.8) is 0 Å². The number of benzene rings is 3. The third-order valence-electron chi connectivity index (χ3n) is 4.86. The van der Waals surface area contributed by atoms with Crippen LogP contribution >= 0.6 is 15.9 Å². The minimum Gasteiger partial charge on any atom is -0.496 e. The lowest BCUT2D eigenvalue weighted by Gasteiger charge is -2.07. The number of nitrogens with zero attached hydrogens (tertiary/aromatic N) is 2. The Labute approximate surface area is 187 Å². The number of ether oxygens (including phenoxy) is 1. The summed E-state index contributed by atoms with van der Waals surface area (Å²) in [5.74, 6) is -0.164. The van der Waals surface area contributed by atoms with E-state index in [4.69, 9.17) is 4.74 Å². The van der Waals surface area contributed by atoms with Crippen molar-refractivity contribution in [3.8, 4) is 5.75 Å². The zero-order valence-electron chi connectivity index (χ0n) is 16.7. The monoisotopic (exact) mass is 479 g/mol. The van der Waals surface area contributed by atoms with Crippen LogP contribution in [0.5, 0.6) is 5.75 Å². The number of para-hydroxylation sites is 1. The van der Waals surface area contributed by atoms with Crippen LogP contribution < -0.4 is 10.2 Å². The number of fused-ring (bicyclic) bond motifs is 1. The van der Waals surface area contributed by atoms with E-state index < -0.39 is 0 Å². The van der Waals surface area contributed by atoms with Crippen LogP contribution in [-0.2, 0) is 6.54 Å². The Hall–Kier alpha value is -3.45. The van der Waals surface area contributed by atoms with Crippen molar-refractivity contribution in [1.82, 2.24) is 9.99 Å². The number of hydrazone groups is 1. The molecule has 4 aromatic rings. The summed E-state index contributed by atoms with van der Waals surface area (Å²) in [5, 5.41) is 5.15. The van der Waals surface area contributed by atoms with Gasteiger partial charge in [-0.05, 0) is 42.0 Å². The topological polar surface area (TPSA) is 55.6 Å². The second-order valence-electron chi connectivity index (χ2n) is 6.90. The lowest BCUT2D eigenvalue weighted by molar-refractivity contribution is 0.0952. The van der Waals surface area contributed by atoms with Gasteiger partial charge in [-0.3, -0.25) is 4.79 Å². The van der Waals surface area contributed by atoms with E-state index in [2.05, 4.69) is 31.0 Å². The number of aromatic nitrogens is 1. The molecule has 0 atom stereocenters. The predicted octanol–water partition coefficient (Wildman–Crippen LogP) is 5.36. The van der Waals surface area contributed by atoms with Crippen LogP contribution in [0.2, 0.25) is 0 Å². The van der Waals surface area contributed by atoms with Crippen LogP contribution in [0.15, 0.2) is 82.5 Å².